The molecule has 0 bridgehead atoms. The number of nitrogens with zero attached hydrogens (tertiary/aromatic N) is 3. The van der Waals surface area contributed by atoms with Crippen LogP contribution in [0.5, 0.6) is 11.5 Å². The standard InChI is InChI=1S/C25H33N3O6/c1-25(2,3)34-24(31)28-10-8-16(19(15-28)23(29)30)7-9-27-11-12-33-21-14-26-20-6-5-17(32-4)13-18(20)22(21)27/h5-6,13-14,16,19H,7-12,15H2,1-4H3,(H,29,30)/t16?,19-/m1/s1. The van der Waals surface area contributed by atoms with E-state index in [0.717, 1.165) is 28.1 Å². The van der Waals surface area contributed by atoms with E-state index < -0.39 is 23.6 Å². The minimum Gasteiger partial charge on any atom is -0.497 e. The number of ether oxygens (including phenoxy) is 3. The second-order valence-corrected chi connectivity index (χ2v) is 9.90. The number of anilines is 1. The van der Waals surface area contributed by atoms with E-state index in [4.69, 9.17) is 14.2 Å². The first-order valence-corrected chi connectivity index (χ1v) is 11.7. The largest absolute Gasteiger partial charge is 0.497 e. The number of carboxylic acids is 1. The number of likely N-dealkylation sites (tertiary alicyclic amines) is 1. The lowest BCUT2D eigenvalue weighted by atomic mass is 9.83. The number of aliphatic carboxylic acids is 1. The van der Waals surface area contributed by atoms with Crippen LogP contribution in [-0.4, -0.2) is 72.5 Å². The highest BCUT2D eigenvalue weighted by molar-refractivity contribution is 5.96. The average molecular weight is 472 g/mol. The van der Waals surface area contributed by atoms with Gasteiger partial charge in [0.15, 0.2) is 5.75 Å². The average Bonchev–Trinajstić information content (AvgIpc) is 2.80. The highest BCUT2D eigenvalue weighted by Crippen LogP contribution is 2.39. The van der Waals surface area contributed by atoms with E-state index in [0.29, 0.717) is 39.1 Å². The minimum atomic E-state index is -0.875. The van der Waals surface area contributed by atoms with Crippen molar-refractivity contribution < 1.29 is 28.9 Å². The summed E-state index contributed by atoms with van der Waals surface area (Å²) in [6.07, 6.45) is 2.62. The number of carboxylic acid groups (broad SMARTS) is 1. The Morgan fingerprint density at radius 2 is 2.06 bits per heavy atom. The fourth-order valence-corrected chi connectivity index (χ4v) is 4.74. The van der Waals surface area contributed by atoms with Crippen molar-refractivity contribution >= 4 is 28.7 Å². The number of fused-ring (bicyclic) bond motifs is 3. The third-order valence-corrected chi connectivity index (χ3v) is 6.44. The van der Waals surface area contributed by atoms with E-state index in [-0.39, 0.29) is 12.5 Å². The van der Waals surface area contributed by atoms with Crippen molar-refractivity contribution in [2.45, 2.75) is 39.2 Å². The molecule has 1 aromatic heterocycles. The Morgan fingerprint density at radius 1 is 1.26 bits per heavy atom. The van der Waals surface area contributed by atoms with Crippen LogP contribution in [0.15, 0.2) is 24.4 Å². The summed E-state index contributed by atoms with van der Waals surface area (Å²) < 4.78 is 16.7. The molecule has 2 aromatic rings. The molecule has 1 fully saturated rings. The molecule has 9 heteroatoms. The molecule has 0 saturated carbocycles. The smallest absolute Gasteiger partial charge is 0.410 e. The van der Waals surface area contributed by atoms with Gasteiger partial charge in [0.25, 0.3) is 0 Å². The number of methoxy groups -OCH3 is 1. The minimum absolute atomic E-state index is 0.0369. The van der Waals surface area contributed by atoms with Gasteiger partial charge in [-0.05, 0) is 57.7 Å². The quantitative estimate of drug-likeness (QED) is 0.703. The maximum absolute atomic E-state index is 12.5. The molecule has 0 radical (unpaired) electrons. The highest BCUT2D eigenvalue weighted by atomic mass is 16.6. The molecular weight excluding hydrogens is 438 g/mol. The normalized spacial score (nSPS) is 20.5. The molecule has 1 saturated heterocycles. The molecule has 3 heterocycles. The van der Waals surface area contributed by atoms with Gasteiger partial charge in [-0.1, -0.05) is 0 Å². The summed E-state index contributed by atoms with van der Waals surface area (Å²) in [6.45, 7) is 8.02. The van der Waals surface area contributed by atoms with Crippen molar-refractivity contribution in [3.63, 3.8) is 0 Å². The zero-order valence-electron chi connectivity index (χ0n) is 20.2. The number of piperidine rings is 1. The molecule has 0 aliphatic carbocycles. The van der Waals surface area contributed by atoms with Gasteiger partial charge in [-0.15, -0.1) is 0 Å². The Bertz CT molecular complexity index is 1060. The van der Waals surface area contributed by atoms with Crippen LogP contribution in [0, 0.1) is 11.8 Å². The number of carbonyl (C=O) groups excluding carboxylic acids is 1. The maximum Gasteiger partial charge on any atom is 0.410 e. The Kier molecular flexibility index (Phi) is 6.72. The lowest BCUT2D eigenvalue weighted by Crippen LogP contribution is -2.48. The van der Waals surface area contributed by atoms with Crippen molar-refractivity contribution in [1.82, 2.24) is 9.88 Å². The Balaban J connectivity index is 1.49. The van der Waals surface area contributed by atoms with Gasteiger partial charge in [-0.2, -0.15) is 0 Å². The van der Waals surface area contributed by atoms with Crippen LogP contribution in [0.4, 0.5) is 10.5 Å². The second kappa shape index (κ2) is 9.56. The van der Waals surface area contributed by atoms with E-state index in [1.165, 1.54) is 4.90 Å². The topological polar surface area (TPSA) is 101 Å². The number of rotatable bonds is 5. The molecule has 4 rings (SSSR count). The molecule has 1 N–H and O–H groups in total. The van der Waals surface area contributed by atoms with Gasteiger partial charge in [0, 0.05) is 25.0 Å². The molecule has 2 aliphatic heterocycles. The first-order valence-electron chi connectivity index (χ1n) is 11.7. The molecule has 1 unspecified atom stereocenters. The van der Waals surface area contributed by atoms with Crippen LogP contribution in [0.25, 0.3) is 10.9 Å². The van der Waals surface area contributed by atoms with Gasteiger partial charge in [-0.25, -0.2) is 4.79 Å². The number of amides is 1. The second-order valence-electron chi connectivity index (χ2n) is 9.90. The van der Waals surface area contributed by atoms with Crippen LogP contribution >= 0.6 is 0 Å². The number of hydrogen-bond donors (Lipinski definition) is 1. The van der Waals surface area contributed by atoms with Gasteiger partial charge >= 0.3 is 12.1 Å². The molecule has 1 aromatic carbocycles. The maximum atomic E-state index is 12.5. The summed E-state index contributed by atoms with van der Waals surface area (Å²) in [7, 11) is 1.63. The SMILES string of the molecule is COc1ccc2ncc3c(c2c1)N(CCC1CCN(C(=O)OC(C)(C)C)C[C@H]1C(=O)O)CCO3. The first-order chi connectivity index (χ1) is 16.2. The number of hydrogen-bond acceptors (Lipinski definition) is 7. The Hall–Kier alpha value is -3.23. The predicted octanol–water partition coefficient (Wildman–Crippen LogP) is 3.79. The number of carbonyl (C=O) groups is 2. The van der Waals surface area contributed by atoms with Gasteiger partial charge in [0.05, 0.1) is 37.0 Å². The van der Waals surface area contributed by atoms with Crippen molar-refractivity contribution in [3.8, 4) is 11.5 Å². The van der Waals surface area contributed by atoms with Crippen molar-refractivity contribution in [2.75, 3.05) is 44.8 Å². The molecule has 2 aliphatic rings. The lowest BCUT2D eigenvalue weighted by molar-refractivity contribution is -0.145. The first kappa shape index (κ1) is 23.9. The molecule has 2 atom stereocenters. The Morgan fingerprint density at radius 3 is 2.76 bits per heavy atom. The number of benzene rings is 1. The third-order valence-electron chi connectivity index (χ3n) is 6.44. The zero-order valence-corrected chi connectivity index (χ0v) is 20.2. The Labute approximate surface area is 199 Å². The van der Waals surface area contributed by atoms with E-state index >= 15 is 0 Å². The van der Waals surface area contributed by atoms with E-state index in [1.54, 1.807) is 34.1 Å². The predicted molar refractivity (Wildman–Crippen MR) is 128 cm³/mol. The number of pyridine rings is 1. The van der Waals surface area contributed by atoms with Crippen LogP contribution in [0.3, 0.4) is 0 Å². The number of aromatic nitrogens is 1. The van der Waals surface area contributed by atoms with Crippen molar-refractivity contribution in [1.29, 1.82) is 0 Å². The van der Waals surface area contributed by atoms with Crippen LogP contribution in [0.1, 0.15) is 33.6 Å². The highest BCUT2D eigenvalue weighted by Gasteiger charge is 2.37. The van der Waals surface area contributed by atoms with Crippen LogP contribution in [-0.2, 0) is 9.53 Å². The summed E-state index contributed by atoms with van der Waals surface area (Å²) in [4.78, 5) is 32.8. The summed E-state index contributed by atoms with van der Waals surface area (Å²) in [5.74, 6) is -0.0728. The third kappa shape index (κ3) is 5.13. The summed E-state index contributed by atoms with van der Waals surface area (Å²) in [5.41, 5.74) is 1.20. The fourth-order valence-electron chi connectivity index (χ4n) is 4.74. The lowest BCUT2D eigenvalue weighted by Gasteiger charge is -2.39. The van der Waals surface area contributed by atoms with E-state index in [9.17, 15) is 14.7 Å². The molecule has 0 spiro atoms. The molecule has 9 nitrogen and oxygen atoms in total. The van der Waals surface area contributed by atoms with Gasteiger partial charge in [0.2, 0.25) is 0 Å². The van der Waals surface area contributed by atoms with Crippen molar-refractivity contribution in [3.05, 3.63) is 24.4 Å². The summed E-state index contributed by atoms with van der Waals surface area (Å²) >= 11 is 0. The van der Waals surface area contributed by atoms with E-state index in [2.05, 4.69) is 9.88 Å². The fraction of sp³-hybridized carbons (Fsp3) is 0.560. The summed E-state index contributed by atoms with van der Waals surface area (Å²) in [6, 6.07) is 5.77. The van der Waals surface area contributed by atoms with Gasteiger partial charge in [-0.3, -0.25) is 9.78 Å². The van der Waals surface area contributed by atoms with Gasteiger partial charge in [0.1, 0.15) is 18.0 Å². The summed E-state index contributed by atoms with van der Waals surface area (Å²) in [5, 5.41) is 10.9. The monoisotopic (exact) mass is 471 g/mol. The molecule has 1 amide bonds. The molecule has 34 heavy (non-hydrogen) atoms. The van der Waals surface area contributed by atoms with E-state index in [1.807, 2.05) is 18.2 Å². The molecule has 184 valence electrons. The zero-order chi connectivity index (χ0) is 24.5. The van der Waals surface area contributed by atoms with Crippen LogP contribution < -0.4 is 14.4 Å². The van der Waals surface area contributed by atoms with Crippen LogP contribution in [0.2, 0.25) is 0 Å². The van der Waals surface area contributed by atoms with Crippen molar-refractivity contribution in [2.24, 2.45) is 11.8 Å². The molecular formula is C25H33N3O6. The van der Waals surface area contributed by atoms with Gasteiger partial charge < -0.3 is 29.1 Å².